The van der Waals surface area contributed by atoms with E-state index in [0.717, 1.165) is 30.2 Å². The molecule has 1 aliphatic heterocycles. The monoisotopic (exact) mass is 436 g/mol. The van der Waals surface area contributed by atoms with Gasteiger partial charge in [-0.05, 0) is 26.2 Å². The van der Waals surface area contributed by atoms with E-state index in [0.29, 0.717) is 30.0 Å². The fourth-order valence-electron chi connectivity index (χ4n) is 4.10. The first-order valence-corrected chi connectivity index (χ1v) is 11.1. The second-order valence-electron chi connectivity index (χ2n) is 9.76. The Morgan fingerprint density at radius 2 is 1.84 bits per heavy atom. The minimum Gasteiger partial charge on any atom is -0.338 e. The van der Waals surface area contributed by atoms with Gasteiger partial charge in [-0.2, -0.15) is 4.98 Å². The summed E-state index contributed by atoms with van der Waals surface area (Å²) in [5.41, 5.74) is 2.08. The first kappa shape index (κ1) is 22.2. The highest BCUT2D eigenvalue weighted by molar-refractivity contribution is 5.94. The highest BCUT2D eigenvalue weighted by atomic mass is 16.5. The van der Waals surface area contributed by atoms with Gasteiger partial charge >= 0.3 is 0 Å². The molecule has 0 spiro atoms. The molecule has 1 amide bonds. The van der Waals surface area contributed by atoms with Gasteiger partial charge in [0, 0.05) is 31.2 Å². The molecule has 0 bridgehead atoms. The molecule has 4 rings (SSSR count). The molecule has 3 aromatic rings. The largest absolute Gasteiger partial charge is 0.338 e. The lowest BCUT2D eigenvalue weighted by Gasteiger charge is -2.32. The molecule has 1 aromatic carbocycles. The van der Waals surface area contributed by atoms with Crippen molar-refractivity contribution in [3.63, 3.8) is 0 Å². The first-order valence-electron chi connectivity index (χ1n) is 11.1. The number of aryl methyl sites for hydroxylation is 1. The number of nitrogens with zero attached hydrogens (tertiary/aromatic N) is 5. The van der Waals surface area contributed by atoms with Crippen LogP contribution in [0.25, 0.3) is 11.4 Å². The van der Waals surface area contributed by atoms with E-state index in [1.807, 2.05) is 51.1 Å². The van der Waals surface area contributed by atoms with E-state index >= 15 is 0 Å². The van der Waals surface area contributed by atoms with Crippen LogP contribution in [-0.2, 0) is 13.1 Å². The van der Waals surface area contributed by atoms with Crippen LogP contribution in [0.3, 0.4) is 0 Å². The number of rotatable bonds is 5. The minimum atomic E-state index is -0.432. The molecule has 0 radical (unpaired) electrons. The summed E-state index contributed by atoms with van der Waals surface area (Å²) in [7, 11) is 0. The van der Waals surface area contributed by atoms with Crippen molar-refractivity contribution in [2.45, 2.75) is 66.7 Å². The lowest BCUT2D eigenvalue weighted by atomic mass is 9.86. The van der Waals surface area contributed by atoms with Gasteiger partial charge in [0.2, 0.25) is 5.89 Å². The zero-order valence-electron chi connectivity index (χ0n) is 19.7. The number of carbonyl (C=O) groups excluding carboxylic acids is 1. The summed E-state index contributed by atoms with van der Waals surface area (Å²) in [4.78, 5) is 25.2. The average molecular weight is 437 g/mol. The van der Waals surface area contributed by atoms with E-state index in [2.05, 4.69) is 38.8 Å². The van der Waals surface area contributed by atoms with Gasteiger partial charge in [-0.15, -0.1) is 0 Å². The van der Waals surface area contributed by atoms with Crippen LogP contribution in [0.5, 0.6) is 0 Å². The number of hydrogen-bond donors (Lipinski definition) is 1. The molecule has 0 saturated heterocycles. The fraction of sp³-hybridized carbons (Fsp3) is 0.500. The van der Waals surface area contributed by atoms with Crippen LogP contribution in [0, 0.1) is 12.3 Å². The lowest BCUT2D eigenvalue weighted by molar-refractivity contribution is 0.0871. The van der Waals surface area contributed by atoms with Crippen molar-refractivity contribution in [3.05, 3.63) is 53.4 Å². The lowest BCUT2D eigenvalue weighted by Crippen LogP contribution is -2.40. The Balaban J connectivity index is 1.73. The maximum Gasteiger partial charge on any atom is 0.272 e. The molecule has 0 fully saturated rings. The smallest absolute Gasteiger partial charge is 0.272 e. The van der Waals surface area contributed by atoms with Crippen LogP contribution >= 0.6 is 0 Å². The SMILES string of the molecule is Cc1noc([C@@H](NC(=O)c2nc(-c3ccccc3)n3c2CN(C(C)C)CC3)C(C)(C)C)n1. The normalized spacial score (nSPS) is 15.6. The van der Waals surface area contributed by atoms with Crippen molar-refractivity contribution in [3.8, 4) is 11.4 Å². The molecule has 8 heteroatoms. The summed E-state index contributed by atoms with van der Waals surface area (Å²) in [6.07, 6.45) is 0. The van der Waals surface area contributed by atoms with Crippen molar-refractivity contribution in [2.75, 3.05) is 6.54 Å². The third-order valence-corrected chi connectivity index (χ3v) is 5.95. The Labute approximate surface area is 189 Å². The minimum absolute atomic E-state index is 0.225. The molecule has 1 atom stereocenters. The van der Waals surface area contributed by atoms with Crippen LogP contribution in [0.4, 0.5) is 0 Å². The van der Waals surface area contributed by atoms with Crippen molar-refractivity contribution in [1.29, 1.82) is 0 Å². The van der Waals surface area contributed by atoms with Gasteiger partial charge in [0.25, 0.3) is 5.91 Å². The van der Waals surface area contributed by atoms with Gasteiger partial charge in [-0.1, -0.05) is 56.3 Å². The zero-order valence-corrected chi connectivity index (χ0v) is 19.7. The van der Waals surface area contributed by atoms with Crippen LogP contribution < -0.4 is 5.32 Å². The number of imidazole rings is 1. The van der Waals surface area contributed by atoms with Crippen LogP contribution in [0.1, 0.15) is 68.6 Å². The van der Waals surface area contributed by atoms with E-state index in [4.69, 9.17) is 9.51 Å². The number of benzene rings is 1. The van der Waals surface area contributed by atoms with Gasteiger partial charge in [-0.3, -0.25) is 9.69 Å². The second-order valence-corrected chi connectivity index (χ2v) is 9.76. The Morgan fingerprint density at radius 1 is 1.12 bits per heavy atom. The molecule has 1 N–H and O–H groups in total. The summed E-state index contributed by atoms with van der Waals surface area (Å²) in [5.74, 6) is 1.55. The molecule has 0 saturated carbocycles. The third kappa shape index (κ3) is 4.32. The summed E-state index contributed by atoms with van der Waals surface area (Å²) < 4.78 is 7.60. The molecule has 3 heterocycles. The standard InChI is InChI=1S/C24H32N6O2/c1-15(2)29-12-13-30-18(14-29)19(26-21(30)17-10-8-7-9-11-17)22(31)27-20(24(4,5)6)23-25-16(3)28-32-23/h7-11,15,20H,12-14H2,1-6H3,(H,27,31)/t20-/m1/s1. The number of aromatic nitrogens is 4. The maximum atomic E-state index is 13.6. The second kappa shape index (κ2) is 8.50. The molecular weight excluding hydrogens is 404 g/mol. The Morgan fingerprint density at radius 3 is 2.44 bits per heavy atom. The van der Waals surface area contributed by atoms with E-state index in [-0.39, 0.29) is 11.3 Å². The van der Waals surface area contributed by atoms with E-state index in [1.54, 1.807) is 6.92 Å². The van der Waals surface area contributed by atoms with Crippen molar-refractivity contribution in [2.24, 2.45) is 5.41 Å². The van der Waals surface area contributed by atoms with Crippen LogP contribution in [-0.4, -0.2) is 43.1 Å². The van der Waals surface area contributed by atoms with Crippen molar-refractivity contribution >= 4 is 5.91 Å². The molecule has 170 valence electrons. The van der Waals surface area contributed by atoms with Gasteiger partial charge in [0.05, 0.1) is 5.69 Å². The number of hydrogen-bond acceptors (Lipinski definition) is 6. The molecule has 0 aliphatic carbocycles. The Bertz CT molecular complexity index is 1090. The number of fused-ring (bicyclic) bond motifs is 1. The van der Waals surface area contributed by atoms with Crippen LogP contribution in [0.15, 0.2) is 34.9 Å². The Hall–Kier alpha value is -3.00. The highest BCUT2D eigenvalue weighted by Gasteiger charge is 2.35. The molecule has 2 aromatic heterocycles. The number of carbonyl (C=O) groups is 1. The van der Waals surface area contributed by atoms with E-state index in [1.165, 1.54) is 0 Å². The highest BCUT2D eigenvalue weighted by Crippen LogP contribution is 2.33. The summed E-state index contributed by atoms with van der Waals surface area (Å²) in [6.45, 7) is 14.6. The third-order valence-electron chi connectivity index (χ3n) is 5.95. The zero-order chi connectivity index (χ0) is 23.0. The Kier molecular flexibility index (Phi) is 5.90. The summed E-state index contributed by atoms with van der Waals surface area (Å²) >= 11 is 0. The molecular formula is C24H32N6O2. The van der Waals surface area contributed by atoms with Crippen LogP contribution in [0.2, 0.25) is 0 Å². The van der Waals surface area contributed by atoms with Gasteiger partial charge in [0.15, 0.2) is 11.5 Å². The summed E-state index contributed by atoms with van der Waals surface area (Å²) in [5, 5.41) is 7.04. The van der Waals surface area contributed by atoms with E-state index in [9.17, 15) is 4.79 Å². The first-order chi connectivity index (χ1) is 15.1. The number of amides is 1. The van der Waals surface area contributed by atoms with Gasteiger partial charge in [-0.25, -0.2) is 4.98 Å². The topological polar surface area (TPSA) is 89.1 Å². The van der Waals surface area contributed by atoms with Gasteiger partial charge < -0.3 is 14.4 Å². The predicted molar refractivity (Wildman–Crippen MR) is 122 cm³/mol. The maximum absolute atomic E-state index is 13.6. The quantitative estimate of drug-likeness (QED) is 0.651. The average Bonchev–Trinajstić information content (AvgIpc) is 3.34. The molecule has 8 nitrogen and oxygen atoms in total. The summed E-state index contributed by atoms with van der Waals surface area (Å²) in [6, 6.07) is 9.99. The fourth-order valence-corrected chi connectivity index (χ4v) is 4.10. The van der Waals surface area contributed by atoms with E-state index < -0.39 is 6.04 Å². The predicted octanol–water partition coefficient (Wildman–Crippen LogP) is 3.98. The molecule has 1 aliphatic rings. The van der Waals surface area contributed by atoms with Crippen molar-refractivity contribution in [1.82, 2.24) is 29.9 Å². The number of nitrogens with one attached hydrogen (secondary N) is 1. The van der Waals surface area contributed by atoms with Crippen molar-refractivity contribution < 1.29 is 9.32 Å². The molecule has 0 unspecified atom stereocenters. The molecule has 32 heavy (non-hydrogen) atoms. The van der Waals surface area contributed by atoms with Gasteiger partial charge in [0.1, 0.15) is 11.9 Å².